The summed E-state index contributed by atoms with van der Waals surface area (Å²) in [7, 11) is -1.60. The van der Waals surface area contributed by atoms with Crippen molar-refractivity contribution < 1.29 is 5.31 Å². The van der Waals surface area contributed by atoms with Crippen LogP contribution in [0.2, 0.25) is 12.6 Å². The first-order valence-electron chi connectivity index (χ1n) is 2.91. The van der Waals surface area contributed by atoms with Crippen molar-refractivity contribution in [3.8, 4) is 0 Å². The third kappa shape index (κ3) is 4.29. The molecule has 1 unspecified atom stereocenters. The second-order valence-electron chi connectivity index (χ2n) is 2.10. The summed E-state index contributed by atoms with van der Waals surface area (Å²) in [6.07, 6.45) is 1.18. The van der Waals surface area contributed by atoms with Crippen LogP contribution in [0.5, 0.6) is 0 Å². The van der Waals surface area contributed by atoms with Crippen LogP contribution < -0.4 is 0 Å². The summed E-state index contributed by atoms with van der Waals surface area (Å²) in [4.78, 5) is 0. The first-order valence-corrected chi connectivity index (χ1v) is 7.94. The molecule has 2 nitrogen and oxygen atoms in total. The molecule has 0 rings (SSSR count). The second-order valence-corrected chi connectivity index (χ2v) is 9.08. The first-order chi connectivity index (χ1) is 4.18. The molecule has 0 heterocycles. The molecule has 5 radical (unpaired) electrons. The van der Waals surface area contributed by atoms with Gasteiger partial charge in [-0.1, -0.05) is 0 Å². The van der Waals surface area contributed by atoms with Gasteiger partial charge in [0.05, 0.1) is 0 Å². The van der Waals surface area contributed by atoms with Gasteiger partial charge in [-0.15, -0.1) is 0 Å². The van der Waals surface area contributed by atoms with Gasteiger partial charge in [0.1, 0.15) is 0 Å². The van der Waals surface area contributed by atoms with Crippen LogP contribution in [-0.2, 0) is 5.31 Å². The van der Waals surface area contributed by atoms with Crippen LogP contribution in [0.25, 0.3) is 0 Å². The summed E-state index contributed by atoms with van der Waals surface area (Å²) in [5.41, 5.74) is 0. The molecule has 49 valence electrons. The molecule has 0 amide bonds. The van der Waals surface area contributed by atoms with Crippen molar-refractivity contribution >= 4 is 56.3 Å². The van der Waals surface area contributed by atoms with Gasteiger partial charge in [-0.2, -0.15) is 0 Å². The van der Waals surface area contributed by atoms with Gasteiger partial charge in [-0.05, 0) is 0 Å². The average Bonchev–Trinajstić information content (AvgIpc) is 1.89. The zero-order chi connectivity index (χ0) is 7.33. The predicted octanol–water partition coefficient (Wildman–Crippen LogP) is 0.669. The van der Waals surface area contributed by atoms with Crippen LogP contribution in [0.1, 0.15) is 13.3 Å². The van der Waals surface area contributed by atoms with E-state index in [0.29, 0.717) is 0 Å². The van der Waals surface area contributed by atoms with E-state index in [1.165, 1.54) is 6.42 Å². The number of rotatable bonds is 4. The van der Waals surface area contributed by atoms with Crippen LogP contribution >= 0.6 is 0 Å². The molecular formula is C4H10InO2SiSn. The monoisotopic (exact) mass is 353 g/mol. The van der Waals surface area contributed by atoms with Gasteiger partial charge in [-0.3, -0.25) is 0 Å². The number of hydrogen-bond donors (Lipinski definition) is 0. The van der Waals surface area contributed by atoms with Gasteiger partial charge < -0.3 is 0 Å². The van der Waals surface area contributed by atoms with E-state index in [-0.39, 0.29) is 0 Å². The van der Waals surface area contributed by atoms with Crippen LogP contribution in [0.15, 0.2) is 0 Å². The van der Waals surface area contributed by atoms with Crippen LogP contribution in [0.4, 0.5) is 0 Å². The molecule has 0 saturated heterocycles. The molecule has 0 aliphatic rings. The zero-order valence-corrected chi connectivity index (χ0v) is 13.0. The summed E-state index contributed by atoms with van der Waals surface area (Å²) in [5, 5.41) is 0. The zero-order valence-electron chi connectivity index (χ0n) is 5.81. The van der Waals surface area contributed by atoms with E-state index in [4.69, 9.17) is 5.31 Å². The Bertz CT molecular complexity index is 79.0. The number of hydrogen-bond acceptors (Lipinski definition) is 2. The molecule has 1 atom stereocenters. The van der Waals surface area contributed by atoms with Crippen LogP contribution in [0.3, 0.4) is 0 Å². The van der Waals surface area contributed by atoms with E-state index >= 15 is 0 Å². The van der Waals surface area contributed by atoms with Crippen LogP contribution in [0, 0.1) is 0 Å². The maximum absolute atomic E-state index is 5.40. The van der Waals surface area contributed by atoms with Crippen molar-refractivity contribution in [1.82, 2.24) is 0 Å². The van der Waals surface area contributed by atoms with Gasteiger partial charge in [0, 0.05) is 0 Å². The first kappa shape index (κ1) is 10.8. The molecule has 5 heteroatoms. The summed E-state index contributed by atoms with van der Waals surface area (Å²) in [6, 6.07) is 1.14. The Morgan fingerprint density at radius 3 is 2.33 bits per heavy atom. The summed E-state index contributed by atoms with van der Waals surface area (Å²) >= 11 is 2.03. The quantitative estimate of drug-likeness (QED) is 0.693. The van der Waals surface area contributed by atoms with Gasteiger partial charge in [0.2, 0.25) is 0 Å². The third-order valence-corrected chi connectivity index (χ3v) is 11.5. The van der Waals surface area contributed by atoms with Gasteiger partial charge in [-0.25, -0.2) is 0 Å². The molecule has 0 bridgehead atoms. The van der Waals surface area contributed by atoms with Crippen molar-refractivity contribution in [2.24, 2.45) is 0 Å². The van der Waals surface area contributed by atoms with Crippen molar-refractivity contribution in [3.05, 3.63) is 0 Å². The molecule has 0 N–H and O–H groups in total. The van der Waals surface area contributed by atoms with E-state index in [1.807, 2.05) is 0 Å². The minimum atomic E-state index is -1.60. The Morgan fingerprint density at radius 2 is 2.22 bits per heavy atom. The van der Waals surface area contributed by atoms with Crippen molar-refractivity contribution in [2.75, 3.05) is 0 Å². The SMILES string of the molecule is CCC[Si](C)([O][In])[O][Sn]. The Kier molecular flexibility index (Phi) is 6.55. The standard InChI is InChI=1S/C4H10O2Si.In.Sn/c1-3-4-7(2,5)6;;/h3-4H2,1-2H3;;/q-2;2*+1. The van der Waals surface area contributed by atoms with E-state index in [1.54, 1.807) is 0 Å². The molecule has 0 spiro atoms. The fourth-order valence-corrected chi connectivity index (χ4v) is 6.82. The Morgan fingerprint density at radius 1 is 1.67 bits per heavy atom. The Balaban J connectivity index is 3.62. The molecule has 0 aromatic carbocycles. The molecule has 0 aromatic heterocycles. The fraction of sp³-hybridized carbons (Fsp3) is 1.00. The Labute approximate surface area is 86.8 Å². The van der Waals surface area contributed by atoms with Crippen molar-refractivity contribution in [2.45, 2.75) is 25.9 Å². The molecule has 0 fully saturated rings. The predicted molar refractivity (Wildman–Crippen MR) is 40.4 cm³/mol. The summed E-state index contributed by atoms with van der Waals surface area (Å²) in [5.74, 6) is 0. The van der Waals surface area contributed by atoms with Gasteiger partial charge in [0.15, 0.2) is 0 Å². The normalized spacial score (nSPS) is 17.2. The minimum absolute atomic E-state index is 0.881. The second kappa shape index (κ2) is 5.46. The molecule has 9 heavy (non-hydrogen) atoms. The van der Waals surface area contributed by atoms with Crippen molar-refractivity contribution in [3.63, 3.8) is 0 Å². The van der Waals surface area contributed by atoms with E-state index < -0.39 is 8.56 Å². The van der Waals surface area contributed by atoms with Gasteiger partial charge in [0.25, 0.3) is 0 Å². The van der Waals surface area contributed by atoms with Crippen molar-refractivity contribution in [1.29, 1.82) is 0 Å². The Hall–Kier alpha value is 1.81. The van der Waals surface area contributed by atoms with Crippen LogP contribution in [-0.4, -0.2) is 56.3 Å². The van der Waals surface area contributed by atoms with E-state index in [0.717, 1.165) is 53.8 Å². The topological polar surface area (TPSA) is 18.5 Å². The van der Waals surface area contributed by atoms with Gasteiger partial charge >= 0.3 is 87.6 Å². The summed E-state index contributed by atoms with van der Waals surface area (Å²) < 4.78 is 10.8. The molecule has 0 aromatic rings. The van der Waals surface area contributed by atoms with E-state index in [2.05, 4.69) is 13.5 Å². The average molecular weight is 352 g/mol. The summed E-state index contributed by atoms with van der Waals surface area (Å²) in [6.45, 7) is 4.30. The molecule has 0 aliphatic heterocycles. The fourth-order valence-electron chi connectivity index (χ4n) is 0.588. The maximum atomic E-state index is 5.40. The van der Waals surface area contributed by atoms with E-state index in [9.17, 15) is 0 Å². The third-order valence-electron chi connectivity index (χ3n) is 1.17. The molecule has 0 saturated carbocycles. The molecular weight excluding hydrogens is 342 g/mol. The molecule has 0 aliphatic carbocycles.